The minimum atomic E-state index is -0.337. The summed E-state index contributed by atoms with van der Waals surface area (Å²) in [5.41, 5.74) is 4.91. The largest absolute Gasteiger partial charge is 0.369 e. The van der Waals surface area contributed by atoms with Gasteiger partial charge in [-0.15, -0.1) is 0 Å². The van der Waals surface area contributed by atoms with E-state index in [1.807, 2.05) is 6.92 Å². The molecule has 0 aromatic heterocycles. The highest BCUT2D eigenvalue weighted by Crippen LogP contribution is 2.00. The van der Waals surface area contributed by atoms with Crippen LogP contribution in [-0.2, 0) is 9.59 Å². The van der Waals surface area contributed by atoms with E-state index in [0.717, 1.165) is 0 Å². The van der Waals surface area contributed by atoms with Gasteiger partial charge < -0.3 is 11.1 Å². The number of rotatable bonds is 6. The van der Waals surface area contributed by atoms with Crippen molar-refractivity contribution in [2.24, 2.45) is 5.73 Å². The smallest absolute Gasteiger partial charge is 0.227 e. The van der Waals surface area contributed by atoms with Crippen molar-refractivity contribution in [2.45, 2.75) is 13.3 Å². The van der Waals surface area contributed by atoms with Gasteiger partial charge >= 0.3 is 0 Å². The van der Waals surface area contributed by atoms with Crippen molar-refractivity contribution in [3.8, 4) is 0 Å². The summed E-state index contributed by atoms with van der Waals surface area (Å²) in [7, 11) is 0. The molecule has 0 aromatic carbocycles. The van der Waals surface area contributed by atoms with Crippen LogP contribution in [0.4, 0.5) is 0 Å². The summed E-state index contributed by atoms with van der Waals surface area (Å²) in [6.07, 6.45) is 0.450. The number of nitrogens with one attached hydrogen (secondary N) is 1. The number of amides is 2. The maximum atomic E-state index is 10.8. The van der Waals surface area contributed by atoms with E-state index in [1.54, 1.807) is 0 Å². The van der Waals surface area contributed by atoms with E-state index in [4.69, 9.17) is 5.73 Å². The molecular weight excluding hydrogens is 176 g/mol. The third-order valence-electron chi connectivity index (χ3n) is 1.09. The fraction of sp³-hybridized carbons (Fsp3) is 0.714. The van der Waals surface area contributed by atoms with Crippen LogP contribution in [0.25, 0.3) is 0 Å². The molecule has 0 aliphatic rings. The van der Waals surface area contributed by atoms with Gasteiger partial charge in [0.2, 0.25) is 11.8 Å². The number of hydrogen-bond acceptors (Lipinski definition) is 3. The van der Waals surface area contributed by atoms with Gasteiger partial charge in [0, 0.05) is 18.7 Å². The van der Waals surface area contributed by atoms with Crippen molar-refractivity contribution in [3.63, 3.8) is 0 Å². The summed E-state index contributed by atoms with van der Waals surface area (Å²) in [6.45, 7) is 2.52. The van der Waals surface area contributed by atoms with E-state index in [9.17, 15) is 9.59 Å². The van der Waals surface area contributed by atoms with Gasteiger partial charge in [0.05, 0.1) is 5.75 Å². The third kappa shape index (κ3) is 7.40. The number of primary amides is 1. The van der Waals surface area contributed by atoms with E-state index in [0.29, 0.717) is 24.5 Å². The van der Waals surface area contributed by atoms with E-state index in [2.05, 4.69) is 5.32 Å². The first kappa shape index (κ1) is 11.3. The first-order valence-corrected chi connectivity index (χ1v) is 4.95. The summed E-state index contributed by atoms with van der Waals surface area (Å²) >= 11 is 1.38. The van der Waals surface area contributed by atoms with E-state index >= 15 is 0 Å². The van der Waals surface area contributed by atoms with Crippen molar-refractivity contribution in [1.29, 1.82) is 0 Å². The molecule has 2 amide bonds. The minimum Gasteiger partial charge on any atom is -0.369 e. The second kappa shape index (κ2) is 6.97. The summed E-state index contributed by atoms with van der Waals surface area (Å²) in [5, 5.41) is 2.67. The Balaban J connectivity index is 3.19. The molecule has 4 nitrogen and oxygen atoms in total. The SMILES string of the molecule is CCNC(=O)CCSCC(N)=O. The Kier molecular flexibility index (Phi) is 6.55. The molecule has 3 N–H and O–H groups in total. The van der Waals surface area contributed by atoms with Crippen molar-refractivity contribution >= 4 is 23.6 Å². The predicted octanol–water partition coefficient (Wildman–Crippen LogP) is -0.269. The second-order valence-corrected chi connectivity index (χ2v) is 3.33. The summed E-state index contributed by atoms with van der Waals surface area (Å²) in [5.74, 6) is 0.624. The van der Waals surface area contributed by atoms with Crippen LogP contribution in [0.2, 0.25) is 0 Å². The van der Waals surface area contributed by atoms with Crippen LogP contribution >= 0.6 is 11.8 Å². The minimum absolute atomic E-state index is 0.0227. The Labute approximate surface area is 76.3 Å². The highest BCUT2D eigenvalue weighted by atomic mass is 32.2. The molecule has 0 fully saturated rings. The second-order valence-electron chi connectivity index (χ2n) is 2.22. The topological polar surface area (TPSA) is 72.2 Å². The first-order chi connectivity index (χ1) is 5.66. The van der Waals surface area contributed by atoms with Crippen LogP contribution in [0.3, 0.4) is 0 Å². The van der Waals surface area contributed by atoms with Gasteiger partial charge in [-0.2, -0.15) is 11.8 Å². The Morgan fingerprint density at radius 2 is 2.17 bits per heavy atom. The zero-order valence-corrected chi connectivity index (χ0v) is 7.95. The summed E-state index contributed by atoms with van der Waals surface area (Å²) in [4.78, 5) is 21.1. The van der Waals surface area contributed by atoms with Crippen molar-refractivity contribution in [1.82, 2.24) is 5.32 Å². The monoisotopic (exact) mass is 190 g/mol. The molecule has 0 unspecified atom stereocenters. The van der Waals surface area contributed by atoms with Crippen LogP contribution in [-0.4, -0.2) is 29.9 Å². The molecule has 0 radical (unpaired) electrons. The van der Waals surface area contributed by atoms with Crippen LogP contribution < -0.4 is 11.1 Å². The maximum Gasteiger partial charge on any atom is 0.227 e. The van der Waals surface area contributed by atoms with Crippen LogP contribution in [0.15, 0.2) is 0 Å². The van der Waals surface area contributed by atoms with Gasteiger partial charge in [0.15, 0.2) is 0 Å². The highest BCUT2D eigenvalue weighted by molar-refractivity contribution is 7.99. The number of thioether (sulfide) groups is 1. The highest BCUT2D eigenvalue weighted by Gasteiger charge is 1.99. The molecule has 0 saturated heterocycles. The van der Waals surface area contributed by atoms with E-state index < -0.39 is 0 Å². The molecule has 0 bridgehead atoms. The average molecular weight is 190 g/mol. The maximum absolute atomic E-state index is 10.8. The Morgan fingerprint density at radius 1 is 1.50 bits per heavy atom. The lowest BCUT2D eigenvalue weighted by molar-refractivity contribution is -0.120. The zero-order chi connectivity index (χ0) is 9.40. The first-order valence-electron chi connectivity index (χ1n) is 3.79. The van der Waals surface area contributed by atoms with Gasteiger partial charge in [-0.1, -0.05) is 0 Å². The standard InChI is InChI=1S/C7H14N2O2S/c1-2-9-7(11)3-4-12-5-6(8)10/h2-5H2,1H3,(H2,8,10)(H,9,11). The van der Waals surface area contributed by atoms with Crippen molar-refractivity contribution < 1.29 is 9.59 Å². The molecule has 0 aliphatic carbocycles. The lowest BCUT2D eigenvalue weighted by Crippen LogP contribution is -2.23. The molecule has 0 heterocycles. The summed E-state index contributed by atoms with van der Waals surface area (Å²) < 4.78 is 0. The van der Waals surface area contributed by atoms with Gasteiger partial charge in [-0.05, 0) is 6.92 Å². The number of carbonyl (C=O) groups excluding carboxylic acids is 2. The van der Waals surface area contributed by atoms with E-state index in [1.165, 1.54) is 11.8 Å². The third-order valence-corrected chi connectivity index (χ3v) is 2.07. The molecule has 0 atom stereocenters. The molecule has 70 valence electrons. The van der Waals surface area contributed by atoms with Crippen molar-refractivity contribution in [2.75, 3.05) is 18.1 Å². The predicted molar refractivity (Wildman–Crippen MR) is 49.8 cm³/mol. The van der Waals surface area contributed by atoms with Gasteiger partial charge in [0.25, 0.3) is 0 Å². The quantitative estimate of drug-likeness (QED) is 0.566. The fourth-order valence-corrected chi connectivity index (χ4v) is 1.30. The van der Waals surface area contributed by atoms with Gasteiger partial charge in [0.1, 0.15) is 0 Å². The molecule has 5 heteroatoms. The van der Waals surface area contributed by atoms with Gasteiger partial charge in [-0.3, -0.25) is 9.59 Å². The number of hydrogen-bond donors (Lipinski definition) is 2. The zero-order valence-electron chi connectivity index (χ0n) is 7.13. The molecule has 0 aliphatic heterocycles. The van der Waals surface area contributed by atoms with Crippen LogP contribution in [0.1, 0.15) is 13.3 Å². The molecule has 0 spiro atoms. The van der Waals surface area contributed by atoms with Crippen LogP contribution in [0, 0.1) is 0 Å². The lowest BCUT2D eigenvalue weighted by atomic mass is 10.4. The normalized spacial score (nSPS) is 9.42. The Hall–Kier alpha value is -0.710. The van der Waals surface area contributed by atoms with E-state index in [-0.39, 0.29) is 11.8 Å². The van der Waals surface area contributed by atoms with Crippen LogP contribution in [0.5, 0.6) is 0 Å². The number of nitrogens with two attached hydrogens (primary N) is 1. The molecule has 0 rings (SSSR count). The van der Waals surface area contributed by atoms with Crippen molar-refractivity contribution in [3.05, 3.63) is 0 Å². The van der Waals surface area contributed by atoms with Gasteiger partial charge in [-0.25, -0.2) is 0 Å². The Morgan fingerprint density at radius 3 is 2.67 bits per heavy atom. The Bertz CT molecular complexity index is 161. The molecule has 12 heavy (non-hydrogen) atoms. The average Bonchev–Trinajstić information content (AvgIpc) is 1.98. The molecule has 0 saturated carbocycles. The fourth-order valence-electron chi connectivity index (χ4n) is 0.623. The molecular formula is C7H14N2O2S. The summed E-state index contributed by atoms with van der Waals surface area (Å²) in [6, 6.07) is 0. The lowest BCUT2D eigenvalue weighted by Gasteiger charge is -2.00. The molecule has 0 aromatic rings. The number of carbonyl (C=O) groups is 2.